The Balaban J connectivity index is 3.61. The lowest BCUT2D eigenvalue weighted by Gasteiger charge is -2.11. The molecule has 0 spiro atoms. The van der Waals surface area contributed by atoms with Gasteiger partial charge in [0, 0.05) is 18.3 Å². The Morgan fingerprint density at radius 2 is 1.89 bits per heavy atom. The number of benzene rings is 1. The highest BCUT2D eigenvalue weighted by Gasteiger charge is 2.37. The minimum absolute atomic E-state index is 0.0771. The fourth-order valence-electron chi connectivity index (χ4n) is 2.01. The van der Waals surface area contributed by atoms with Gasteiger partial charge in [0.25, 0.3) is 0 Å². The number of nitrogens with one attached hydrogen (secondary N) is 1. The van der Waals surface area contributed by atoms with Crippen LogP contribution in [-0.4, -0.2) is 29.8 Å². The molecule has 0 saturated heterocycles. The molecule has 7 nitrogen and oxygen atoms in total. The SMILES string of the molecule is C=CCNC=C(C(=O)OCCC)C(=O)c1c(F)c(C)c(F)c(F)c1[N+](=O)[O-]. The monoisotopic (exact) mass is 386 g/mol. The molecule has 0 heterocycles. The van der Waals surface area contributed by atoms with Crippen LogP contribution in [-0.2, 0) is 9.53 Å². The second-order valence-corrected chi connectivity index (χ2v) is 5.27. The largest absolute Gasteiger partial charge is 0.462 e. The molecule has 0 radical (unpaired) electrons. The van der Waals surface area contributed by atoms with Crippen molar-refractivity contribution in [2.24, 2.45) is 0 Å². The van der Waals surface area contributed by atoms with Gasteiger partial charge in [-0.1, -0.05) is 13.0 Å². The van der Waals surface area contributed by atoms with Gasteiger partial charge >= 0.3 is 11.7 Å². The Bertz CT molecular complexity index is 822. The molecule has 0 aliphatic heterocycles. The Morgan fingerprint density at radius 3 is 2.41 bits per heavy atom. The highest BCUT2D eigenvalue weighted by molar-refractivity contribution is 6.25. The summed E-state index contributed by atoms with van der Waals surface area (Å²) < 4.78 is 46.9. The normalized spacial score (nSPS) is 11.1. The fourth-order valence-corrected chi connectivity index (χ4v) is 2.01. The number of nitrogens with zero attached hydrogens (tertiary/aromatic N) is 1. The van der Waals surface area contributed by atoms with Crippen molar-refractivity contribution >= 4 is 17.4 Å². The van der Waals surface area contributed by atoms with Gasteiger partial charge in [-0.2, -0.15) is 4.39 Å². The zero-order valence-electron chi connectivity index (χ0n) is 14.6. The van der Waals surface area contributed by atoms with Crippen molar-refractivity contribution in [3.63, 3.8) is 0 Å². The molecule has 0 saturated carbocycles. The Labute approximate surface area is 152 Å². The first kappa shape index (κ1) is 21.9. The van der Waals surface area contributed by atoms with Crippen molar-refractivity contribution in [3.8, 4) is 0 Å². The van der Waals surface area contributed by atoms with Crippen LogP contribution in [0.25, 0.3) is 0 Å². The molecule has 1 rings (SSSR count). The highest BCUT2D eigenvalue weighted by Crippen LogP contribution is 2.32. The third-order valence-electron chi connectivity index (χ3n) is 3.34. The predicted molar refractivity (Wildman–Crippen MR) is 89.6 cm³/mol. The lowest BCUT2D eigenvalue weighted by molar-refractivity contribution is -0.388. The van der Waals surface area contributed by atoms with E-state index in [1.807, 2.05) is 0 Å². The van der Waals surface area contributed by atoms with Crippen molar-refractivity contribution in [3.05, 3.63) is 63.1 Å². The Hall–Kier alpha value is -3.17. The Kier molecular flexibility index (Phi) is 7.70. The molecule has 0 fully saturated rings. The third kappa shape index (κ3) is 4.72. The van der Waals surface area contributed by atoms with Gasteiger partial charge in [0.05, 0.1) is 11.5 Å². The molecule has 0 unspecified atom stereocenters. The van der Waals surface area contributed by atoms with Crippen molar-refractivity contribution < 1.29 is 32.4 Å². The van der Waals surface area contributed by atoms with E-state index in [-0.39, 0.29) is 13.2 Å². The van der Waals surface area contributed by atoms with Crippen LogP contribution < -0.4 is 5.32 Å². The molecule has 27 heavy (non-hydrogen) atoms. The van der Waals surface area contributed by atoms with E-state index in [1.54, 1.807) is 6.92 Å². The summed E-state index contributed by atoms with van der Waals surface area (Å²) in [5.41, 5.74) is -4.80. The first-order valence-electron chi connectivity index (χ1n) is 7.76. The summed E-state index contributed by atoms with van der Waals surface area (Å²) >= 11 is 0. The molecule has 0 amide bonds. The van der Waals surface area contributed by atoms with Gasteiger partial charge in [-0.3, -0.25) is 14.9 Å². The highest BCUT2D eigenvalue weighted by atomic mass is 19.2. The summed E-state index contributed by atoms with van der Waals surface area (Å²) in [5, 5.41) is 13.6. The van der Waals surface area contributed by atoms with Gasteiger partial charge < -0.3 is 10.1 Å². The molecular formula is C17H17F3N2O5. The van der Waals surface area contributed by atoms with E-state index in [0.29, 0.717) is 6.42 Å². The molecule has 146 valence electrons. The van der Waals surface area contributed by atoms with Crippen LogP contribution in [0, 0.1) is 34.5 Å². The van der Waals surface area contributed by atoms with E-state index >= 15 is 0 Å². The number of nitro benzene ring substituents is 1. The van der Waals surface area contributed by atoms with Crippen LogP contribution in [0.5, 0.6) is 0 Å². The van der Waals surface area contributed by atoms with Gasteiger partial charge in [0.1, 0.15) is 17.0 Å². The standard InChI is InChI=1S/C17H17F3N2O5/c1-4-6-21-8-10(17(24)27-7-5-2)16(23)11-12(18)9(3)13(19)14(20)15(11)22(25)26/h4,8,21H,1,5-7H2,2-3H3. The van der Waals surface area contributed by atoms with E-state index in [0.717, 1.165) is 13.1 Å². The minimum atomic E-state index is -2.00. The lowest BCUT2D eigenvalue weighted by Crippen LogP contribution is -2.23. The van der Waals surface area contributed by atoms with Crippen LogP contribution in [0.4, 0.5) is 18.9 Å². The second kappa shape index (κ2) is 9.51. The summed E-state index contributed by atoms with van der Waals surface area (Å²) in [5.74, 6) is -8.14. The number of esters is 1. The van der Waals surface area contributed by atoms with Gasteiger partial charge in [-0.15, -0.1) is 6.58 Å². The molecule has 0 aliphatic carbocycles. The molecule has 1 N–H and O–H groups in total. The summed E-state index contributed by atoms with van der Waals surface area (Å²) in [6.07, 6.45) is 2.63. The number of carbonyl (C=O) groups is 2. The predicted octanol–water partition coefficient (Wildman–Crippen LogP) is 3.12. The van der Waals surface area contributed by atoms with Crippen molar-refractivity contribution in [2.45, 2.75) is 20.3 Å². The number of nitro groups is 1. The van der Waals surface area contributed by atoms with Crippen LogP contribution in [0.1, 0.15) is 29.3 Å². The maximum Gasteiger partial charge on any atom is 0.343 e. The van der Waals surface area contributed by atoms with E-state index in [2.05, 4.69) is 11.9 Å². The number of ketones is 1. The van der Waals surface area contributed by atoms with Crippen LogP contribution in [0.3, 0.4) is 0 Å². The van der Waals surface area contributed by atoms with Crippen LogP contribution in [0.2, 0.25) is 0 Å². The van der Waals surface area contributed by atoms with Gasteiger partial charge in [-0.25, -0.2) is 13.6 Å². The summed E-state index contributed by atoms with van der Waals surface area (Å²) in [6, 6.07) is 0. The van der Waals surface area contributed by atoms with Crippen LogP contribution in [0.15, 0.2) is 24.4 Å². The van der Waals surface area contributed by atoms with E-state index in [9.17, 15) is 32.9 Å². The number of halogens is 3. The molecule has 1 aromatic carbocycles. The van der Waals surface area contributed by atoms with E-state index in [4.69, 9.17) is 4.74 Å². The van der Waals surface area contributed by atoms with Gasteiger partial charge in [0.15, 0.2) is 5.82 Å². The summed E-state index contributed by atoms with van der Waals surface area (Å²) in [7, 11) is 0. The number of rotatable bonds is 9. The van der Waals surface area contributed by atoms with Gasteiger partial charge in [0.2, 0.25) is 11.6 Å². The molecule has 0 aliphatic rings. The lowest BCUT2D eigenvalue weighted by atomic mass is 9.98. The number of ether oxygens (including phenoxy) is 1. The van der Waals surface area contributed by atoms with Gasteiger partial charge in [-0.05, 0) is 13.3 Å². The molecule has 1 aromatic rings. The number of carbonyl (C=O) groups excluding carboxylic acids is 2. The molecular weight excluding hydrogens is 369 g/mol. The average Bonchev–Trinajstić information content (AvgIpc) is 2.63. The third-order valence-corrected chi connectivity index (χ3v) is 3.34. The number of Topliss-reactive ketones (excluding diaryl/α,β-unsaturated/α-hetero) is 1. The summed E-state index contributed by atoms with van der Waals surface area (Å²) in [4.78, 5) is 34.4. The number of hydrogen-bond donors (Lipinski definition) is 1. The fraction of sp³-hybridized carbons (Fsp3) is 0.294. The smallest absolute Gasteiger partial charge is 0.343 e. The second-order valence-electron chi connectivity index (χ2n) is 5.27. The zero-order chi connectivity index (χ0) is 20.7. The van der Waals surface area contributed by atoms with E-state index < -0.39 is 56.5 Å². The van der Waals surface area contributed by atoms with E-state index in [1.165, 1.54) is 6.08 Å². The van der Waals surface area contributed by atoms with Crippen molar-refractivity contribution in [1.82, 2.24) is 5.32 Å². The molecule has 10 heteroatoms. The maximum absolute atomic E-state index is 14.4. The Morgan fingerprint density at radius 1 is 1.26 bits per heavy atom. The topological polar surface area (TPSA) is 98.5 Å². The molecule has 0 aromatic heterocycles. The quantitative estimate of drug-likeness (QED) is 0.0669. The maximum atomic E-state index is 14.4. The molecule has 0 bridgehead atoms. The first-order chi connectivity index (χ1) is 12.7. The average molecular weight is 386 g/mol. The van der Waals surface area contributed by atoms with Crippen molar-refractivity contribution in [2.75, 3.05) is 13.2 Å². The first-order valence-corrected chi connectivity index (χ1v) is 7.76. The zero-order valence-corrected chi connectivity index (χ0v) is 14.6. The summed E-state index contributed by atoms with van der Waals surface area (Å²) in [6.45, 7) is 5.91. The molecule has 0 atom stereocenters. The van der Waals surface area contributed by atoms with Crippen molar-refractivity contribution in [1.29, 1.82) is 0 Å². The minimum Gasteiger partial charge on any atom is -0.462 e. The van der Waals surface area contributed by atoms with Crippen LogP contribution >= 0.6 is 0 Å². The number of hydrogen-bond acceptors (Lipinski definition) is 6.